The Balaban J connectivity index is 1.87. The van der Waals surface area contributed by atoms with Gasteiger partial charge in [0.05, 0.1) is 12.0 Å². The molecule has 0 spiro atoms. The van der Waals surface area contributed by atoms with Gasteiger partial charge in [0.15, 0.2) is 0 Å². The molecule has 2 aromatic rings. The van der Waals surface area contributed by atoms with Gasteiger partial charge in [0.25, 0.3) is 0 Å². The summed E-state index contributed by atoms with van der Waals surface area (Å²) in [5.41, 5.74) is 3.07. The lowest BCUT2D eigenvalue weighted by Crippen LogP contribution is -2.28. The second kappa shape index (κ2) is 4.68. The fourth-order valence-electron chi connectivity index (χ4n) is 2.11. The molecule has 1 aliphatic heterocycles. The maximum Gasteiger partial charge on any atom is 0.242 e. The molecule has 0 saturated heterocycles. The first-order chi connectivity index (χ1) is 9.24. The summed E-state index contributed by atoms with van der Waals surface area (Å²) >= 11 is 0. The minimum atomic E-state index is 0.0683. The highest BCUT2D eigenvalue weighted by molar-refractivity contribution is 6.04. The zero-order valence-corrected chi connectivity index (χ0v) is 10.7. The average Bonchev–Trinajstić information content (AvgIpc) is 2.96. The quantitative estimate of drug-likeness (QED) is 0.821. The number of benzene rings is 1. The van der Waals surface area contributed by atoms with Gasteiger partial charge in [0, 0.05) is 38.0 Å². The summed E-state index contributed by atoms with van der Waals surface area (Å²) in [4.78, 5) is 15.4. The molecule has 5 nitrogen and oxygen atoms in total. The SMILES string of the molecule is CN1N=C(c2ccc(-n3ccnc3)cc2)CCC1=O. The Morgan fingerprint density at radius 1 is 1.16 bits per heavy atom. The largest absolute Gasteiger partial charge is 0.306 e. The van der Waals surface area contributed by atoms with Crippen molar-refractivity contribution in [2.45, 2.75) is 12.8 Å². The minimum absolute atomic E-state index is 0.0683. The van der Waals surface area contributed by atoms with Crippen LogP contribution in [0.2, 0.25) is 0 Å². The molecule has 0 aliphatic carbocycles. The molecule has 19 heavy (non-hydrogen) atoms. The van der Waals surface area contributed by atoms with Crippen molar-refractivity contribution in [3.8, 4) is 5.69 Å². The first-order valence-corrected chi connectivity index (χ1v) is 6.17. The molecule has 0 bridgehead atoms. The van der Waals surface area contributed by atoms with Gasteiger partial charge < -0.3 is 4.57 Å². The third-order valence-corrected chi connectivity index (χ3v) is 3.21. The molecule has 0 radical (unpaired) electrons. The lowest BCUT2D eigenvalue weighted by molar-refractivity contribution is -0.130. The molecule has 1 aromatic carbocycles. The highest BCUT2D eigenvalue weighted by Crippen LogP contribution is 2.16. The van der Waals surface area contributed by atoms with Crippen molar-refractivity contribution < 1.29 is 4.79 Å². The van der Waals surface area contributed by atoms with Crippen LogP contribution in [-0.2, 0) is 4.79 Å². The zero-order chi connectivity index (χ0) is 13.2. The standard InChI is InChI=1S/C14H14N4O/c1-17-14(19)7-6-13(16-17)11-2-4-12(5-3-11)18-9-8-15-10-18/h2-5,8-10H,6-7H2,1H3. The van der Waals surface area contributed by atoms with Gasteiger partial charge in [-0.25, -0.2) is 9.99 Å². The molecular weight excluding hydrogens is 240 g/mol. The fourth-order valence-corrected chi connectivity index (χ4v) is 2.11. The van der Waals surface area contributed by atoms with Gasteiger partial charge in [-0.2, -0.15) is 5.10 Å². The predicted octanol–water partition coefficient (Wildman–Crippen LogP) is 1.83. The number of carbonyl (C=O) groups is 1. The molecule has 0 N–H and O–H groups in total. The summed E-state index contributed by atoms with van der Waals surface area (Å²) < 4.78 is 1.95. The molecular formula is C14H14N4O. The molecule has 0 fully saturated rings. The van der Waals surface area contributed by atoms with Gasteiger partial charge in [-0.05, 0) is 17.7 Å². The third-order valence-electron chi connectivity index (χ3n) is 3.21. The van der Waals surface area contributed by atoms with Crippen LogP contribution in [0.25, 0.3) is 5.69 Å². The molecule has 2 heterocycles. The molecule has 3 rings (SSSR count). The Kier molecular flexibility index (Phi) is 2.87. The Morgan fingerprint density at radius 2 is 1.95 bits per heavy atom. The smallest absolute Gasteiger partial charge is 0.242 e. The van der Waals surface area contributed by atoms with Crippen molar-refractivity contribution >= 4 is 11.6 Å². The number of rotatable bonds is 2. The van der Waals surface area contributed by atoms with Crippen molar-refractivity contribution in [3.05, 3.63) is 48.5 Å². The normalized spacial score (nSPS) is 15.5. The van der Waals surface area contributed by atoms with Crippen LogP contribution in [0, 0.1) is 0 Å². The molecule has 1 aliphatic rings. The maximum absolute atomic E-state index is 11.4. The monoisotopic (exact) mass is 254 g/mol. The van der Waals surface area contributed by atoms with Crippen LogP contribution in [0.3, 0.4) is 0 Å². The van der Waals surface area contributed by atoms with E-state index in [0.29, 0.717) is 12.8 Å². The zero-order valence-electron chi connectivity index (χ0n) is 10.7. The van der Waals surface area contributed by atoms with E-state index in [1.165, 1.54) is 5.01 Å². The molecule has 1 amide bonds. The Labute approximate surface area is 111 Å². The van der Waals surface area contributed by atoms with Crippen LogP contribution >= 0.6 is 0 Å². The number of amides is 1. The van der Waals surface area contributed by atoms with Crippen LogP contribution in [-0.4, -0.2) is 33.2 Å². The number of hydrogen-bond acceptors (Lipinski definition) is 3. The van der Waals surface area contributed by atoms with E-state index >= 15 is 0 Å². The van der Waals surface area contributed by atoms with Gasteiger partial charge in [-0.15, -0.1) is 0 Å². The Bertz CT molecular complexity index is 613. The van der Waals surface area contributed by atoms with Crippen LogP contribution in [0.1, 0.15) is 18.4 Å². The molecule has 0 unspecified atom stereocenters. The van der Waals surface area contributed by atoms with Crippen LogP contribution < -0.4 is 0 Å². The van der Waals surface area contributed by atoms with Crippen molar-refractivity contribution in [1.29, 1.82) is 0 Å². The average molecular weight is 254 g/mol. The van der Waals surface area contributed by atoms with E-state index in [1.54, 1.807) is 19.6 Å². The van der Waals surface area contributed by atoms with Crippen LogP contribution in [0.4, 0.5) is 0 Å². The van der Waals surface area contributed by atoms with Crippen LogP contribution in [0.15, 0.2) is 48.1 Å². The van der Waals surface area contributed by atoms with E-state index < -0.39 is 0 Å². The second-order valence-corrected chi connectivity index (χ2v) is 4.48. The summed E-state index contributed by atoms with van der Waals surface area (Å²) in [6.07, 6.45) is 6.64. The van der Waals surface area contributed by atoms with Crippen molar-refractivity contribution in [1.82, 2.24) is 14.6 Å². The van der Waals surface area contributed by atoms with E-state index in [2.05, 4.69) is 10.1 Å². The summed E-state index contributed by atoms with van der Waals surface area (Å²) in [5, 5.41) is 5.73. The minimum Gasteiger partial charge on any atom is -0.306 e. The highest BCUT2D eigenvalue weighted by atomic mass is 16.2. The van der Waals surface area contributed by atoms with E-state index in [1.807, 2.05) is 35.0 Å². The molecule has 0 saturated carbocycles. The first kappa shape index (κ1) is 11.6. The summed E-state index contributed by atoms with van der Waals surface area (Å²) in [6.45, 7) is 0. The van der Waals surface area contributed by atoms with E-state index in [4.69, 9.17) is 0 Å². The maximum atomic E-state index is 11.4. The number of nitrogens with zero attached hydrogens (tertiary/aromatic N) is 4. The van der Waals surface area contributed by atoms with Gasteiger partial charge >= 0.3 is 0 Å². The van der Waals surface area contributed by atoms with Gasteiger partial charge in [0.1, 0.15) is 0 Å². The van der Waals surface area contributed by atoms with E-state index in [9.17, 15) is 4.79 Å². The highest BCUT2D eigenvalue weighted by Gasteiger charge is 2.17. The molecule has 0 atom stereocenters. The van der Waals surface area contributed by atoms with Crippen molar-refractivity contribution in [2.75, 3.05) is 7.05 Å². The number of hydrogen-bond donors (Lipinski definition) is 0. The topological polar surface area (TPSA) is 50.5 Å². The van der Waals surface area contributed by atoms with Gasteiger partial charge in [0.2, 0.25) is 5.91 Å². The lowest BCUT2D eigenvalue weighted by Gasteiger charge is -2.19. The Morgan fingerprint density at radius 3 is 2.58 bits per heavy atom. The summed E-state index contributed by atoms with van der Waals surface area (Å²) in [5.74, 6) is 0.0683. The fraction of sp³-hybridized carbons (Fsp3) is 0.214. The van der Waals surface area contributed by atoms with Crippen molar-refractivity contribution in [3.63, 3.8) is 0 Å². The number of imidazole rings is 1. The number of hydrazone groups is 1. The van der Waals surface area contributed by atoms with Crippen LogP contribution in [0.5, 0.6) is 0 Å². The first-order valence-electron chi connectivity index (χ1n) is 6.17. The predicted molar refractivity (Wildman–Crippen MR) is 72.1 cm³/mol. The molecule has 5 heteroatoms. The summed E-state index contributed by atoms with van der Waals surface area (Å²) in [6, 6.07) is 8.10. The van der Waals surface area contributed by atoms with Crippen molar-refractivity contribution in [2.24, 2.45) is 5.10 Å². The second-order valence-electron chi connectivity index (χ2n) is 4.48. The van der Waals surface area contributed by atoms with Gasteiger partial charge in [-0.3, -0.25) is 4.79 Å². The van der Waals surface area contributed by atoms with Gasteiger partial charge in [-0.1, -0.05) is 12.1 Å². The molecule has 96 valence electrons. The summed E-state index contributed by atoms with van der Waals surface area (Å²) in [7, 11) is 1.70. The third kappa shape index (κ3) is 2.27. The van der Waals surface area contributed by atoms with E-state index in [0.717, 1.165) is 17.0 Å². The Hall–Kier alpha value is -2.43. The van der Waals surface area contributed by atoms with E-state index in [-0.39, 0.29) is 5.91 Å². The molecule has 1 aromatic heterocycles. The lowest BCUT2D eigenvalue weighted by atomic mass is 10.0. The number of aromatic nitrogens is 2. The number of carbonyl (C=O) groups excluding carboxylic acids is 1.